The number of aryl methyl sites for hydroxylation is 1. The third-order valence-electron chi connectivity index (χ3n) is 3.37. The fourth-order valence-corrected chi connectivity index (χ4v) is 2.29. The van der Waals surface area contributed by atoms with Crippen molar-refractivity contribution < 1.29 is 14.2 Å². The summed E-state index contributed by atoms with van der Waals surface area (Å²) in [4.78, 5) is 0. The maximum atomic E-state index is 13.5. The lowest BCUT2D eigenvalue weighted by atomic mass is 9.88. The molecule has 1 unspecified atom stereocenters. The third-order valence-corrected chi connectivity index (χ3v) is 3.37. The van der Waals surface area contributed by atoms with Gasteiger partial charge in [-0.2, -0.15) is 0 Å². The molecule has 0 radical (unpaired) electrons. The second-order valence-corrected chi connectivity index (χ2v) is 5.32. The maximum absolute atomic E-state index is 13.5. The Hall–Kier alpha value is -1.87. The van der Waals surface area contributed by atoms with E-state index in [4.69, 9.17) is 4.74 Å². The highest BCUT2D eigenvalue weighted by Gasteiger charge is 2.24. The summed E-state index contributed by atoms with van der Waals surface area (Å²) in [7, 11) is 1.61. The molecule has 2 aromatic rings. The molecule has 0 aromatic heterocycles. The van der Waals surface area contributed by atoms with Gasteiger partial charge in [-0.3, -0.25) is 0 Å². The van der Waals surface area contributed by atoms with Crippen molar-refractivity contribution in [2.24, 2.45) is 0 Å². The number of ether oxygens (including phenoxy) is 1. The topological polar surface area (TPSA) is 29.5 Å². The van der Waals surface area contributed by atoms with Crippen molar-refractivity contribution in [3.05, 3.63) is 65.0 Å². The van der Waals surface area contributed by atoms with E-state index < -0.39 is 5.60 Å². The summed E-state index contributed by atoms with van der Waals surface area (Å²) in [5, 5.41) is 10.6. The van der Waals surface area contributed by atoms with Crippen LogP contribution in [0, 0.1) is 12.7 Å². The van der Waals surface area contributed by atoms with E-state index in [1.807, 2.05) is 37.3 Å². The fraction of sp³-hybridized carbons (Fsp3) is 0.294. The van der Waals surface area contributed by atoms with Crippen LogP contribution in [0.25, 0.3) is 0 Å². The van der Waals surface area contributed by atoms with Crippen LogP contribution in [-0.4, -0.2) is 12.2 Å². The van der Waals surface area contributed by atoms with Crippen LogP contribution in [-0.2, 0) is 12.0 Å². The molecule has 0 fully saturated rings. The molecule has 1 atom stereocenters. The molecule has 2 nitrogen and oxygen atoms in total. The van der Waals surface area contributed by atoms with E-state index in [0.29, 0.717) is 12.0 Å². The van der Waals surface area contributed by atoms with E-state index in [9.17, 15) is 9.50 Å². The highest BCUT2D eigenvalue weighted by Crippen LogP contribution is 2.27. The molecule has 106 valence electrons. The minimum absolute atomic E-state index is 0.324. The van der Waals surface area contributed by atoms with E-state index in [-0.39, 0.29) is 5.82 Å². The summed E-state index contributed by atoms with van der Waals surface area (Å²) >= 11 is 0. The Balaban J connectivity index is 2.24. The summed E-state index contributed by atoms with van der Waals surface area (Å²) in [5.74, 6) is 0.449. The van der Waals surface area contributed by atoms with Crippen molar-refractivity contribution in [1.29, 1.82) is 0 Å². The normalized spacial score (nSPS) is 13.8. The number of hydrogen-bond donors (Lipinski definition) is 1. The zero-order valence-corrected chi connectivity index (χ0v) is 12.0. The summed E-state index contributed by atoms with van der Waals surface area (Å²) < 4.78 is 18.6. The van der Waals surface area contributed by atoms with Crippen LogP contribution >= 0.6 is 0 Å². The van der Waals surface area contributed by atoms with Gasteiger partial charge >= 0.3 is 0 Å². The van der Waals surface area contributed by atoms with Crippen LogP contribution in [0.5, 0.6) is 5.75 Å². The van der Waals surface area contributed by atoms with Crippen LogP contribution in [0.1, 0.15) is 23.6 Å². The summed E-state index contributed by atoms with van der Waals surface area (Å²) in [5.41, 5.74) is 1.25. The van der Waals surface area contributed by atoms with Gasteiger partial charge in [0.15, 0.2) is 0 Å². The van der Waals surface area contributed by atoms with Gasteiger partial charge in [-0.05, 0) is 54.8 Å². The van der Waals surface area contributed by atoms with E-state index in [0.717, 1.165) is 16.9 Å². The molecule has 0 amide bonds. The Morgan fingerprint density at radius 2 is 1.80 bits per heavy atom. The lowest BCUT2D eigenvalue weighted by Crippen LogP contribution is -2.24. The standard InChI is InChI=1S/C17H19FO2/c1-12-8-14(10-15(18)9-12)17(2,19)11-13-4-6-16(20-3)7-5-13/h4-10,19H,11H2,1-3H3. The van der Waals surface area contributed by atoms with Gasteiger partial charge in [-0.15, -0.1) is 0 Å². The summed E-state index contributed by atoms with van der Waals surface area (Å²) in [6, 6.07) is 12.2. The van der Waals surface area contributed by atoms with Crippen molar-refractivity contribution in [2.75, 3.05) is 7.11 Å². The van der Waals surface area contributed by atoms with E-state index in [1.165, 1.54) is 12.1 Å². The van der Waals surface area contributed by atoms with E-state index in [2.05, 4.69) is 0 Å². The second-order valence-electron chi connectivity index (χ2n) is 5.32. The number of methoxy groups -OCH3 is 1. The first-order valence-electron chi connectivity index (χ1n) is 6.54. The van der Waals surface area contributed by atoms with Crippen LogP contribution in [0.15, 0.2) is 42.5 Å². The number of aliphatic hydroxyl groups is 1. The van der Waals surface area contributed by atoms with Crippen LogP contribution in [0.4, 0.5) is 4.39 Å². The van der Waals surface area contributed by atoms with E-state index in [1.54, 1.807) is 14.0 Å². The van der Waals surface area contributed by atoms with E-state index >= 15 is 0 Å². The fourth-order valence-electron chi connectivity index (χ4n) is 2.29. The Morgan fingerprint density at radius 3 is 2.35 bits per heavy atom. The molecule has 0 saturated carbocycles. The lowest BCUT2D eigenvalue weighted by molar-refractivity contribution is 0.0572. The van der Waals surface area contributed by atoms with Gasteiger partial charge in [0.2, 0.25) is 0 Å². The van der Waals surface area contributed by atoms with Gasteiger partial charge in [-0.1, -0.05) is 18.2 Å². The van der Waals surface area contributed by atoms with Gasteiger partial charge < -0.3 is 9.84 Å². The molecule has 20 heavy (non-hydrogen) atoms. The molecular weight excluding hydrogens is 255 g/mol. The zero-order valence-electron chi connectivity index (χ0n) is 12.0. The highest BCUT2D eigenvalue weighted by molar-refractivity contribution is 5.32. The molecule has 0 bridgehead atoms. The largest absolute Gasteiger partial charge is 0.497 e. The van der Waals surface area contributed by atoms with Crippen LogP contribution < -0.4 is 4.74 Å². The Bertz CT molecular complexity index is 568. The Labute approximate surface area is 118 Å². The minimum atomic E-state index is -1.11. The average molecular weight is 274 g/mol. The van der Waals surface area contributed by atoms with Crippen LogP contribution in [0.3, 0.4) is 0 Å². The molecule has 0 aliphatic carbocycles. The number of halogens is 1. The SMILES string of the molecule is COc1ccc(CC(C)(O)c2cc(C)cc(F)c2)cc1. The molecular formula is C17H19FO2. The minimum Gasteiger partial charge on any atom is -0.497 e. The third kappa shape index (κ3) is 3.36. The Kier molecular flexibility index (Phi) is 4.09. The quantitative estimate of drug-likeness (QED) is 0.923. The molecule has 0 heterocycles. The molecule has 0 aliphatic heterocycles. The molecule has 2 aromatic carbocycles. The maximum Gasteiger partial charge on any atom is 0.123 e. The van der Waals surface area contributed by atoms with Gasteiger partial charge in [0.25, 0.3) is 0 Å². The highest BCUT2D eigenvalue weighted by atomic mass is 19.1. The van der Waals surface area contributed by atoms with Gasteiger partial charge in [0.1, 0.15) is 11.6 Å². The van der Waals surface area contributed by atoms with Gasteiger partial charge in [0, 0.05) is 6.42 Å². The molecule has 1 N–H and O–H groups in total. The number of hydrogen-bond acceptors (Lipinski definition) is 2. The van der Waals surface area contributed by atoms with Crippen molar-refractivity contribution >= 4 is 0 Å². The molecule has 0 saturated heterocycles. The first-order valence-corrected chi connectivity index (χ1v) is 6.54. The lowest BCUT2D eigenvalue weighted by Gasteiger charge is -2.24. The summed E-state index contributed by atoms with van der Waals surface area (Å²) in [6.45, 7) is 3.52. The summed E-state index contributed by atoms with van der Waals surface area (Å²) in [6.07, 6.45) is 0.417. The van der Waals surface area contributed by atoms with Crippen molar-refractivity contribution in [3.63, 3.8) is 0 Å². The zero-order chi connectivity index (χ0) is 14.8. The first kappa shape index (κ1) is 14.5. The first-order chi connectivity index (χ1) is 9.40. The van der Waals surface area contributed by atoms with Crippen molar-refractivity contribution in [3.8, 4) is 5.75 Å². The second kappa shape index (κ2) is 5.63. The van der Waals surface area contributed by atoms with Crippen LogP contribution in [0.2, 0.25) is 0 Å². The molecule has 2 rings (SSSR count). The predicted octanol–water partition coefficient (Wildman–Crippen LogP) is 3.59. The Morgan fingerprint density at radius 1 is 1.15 bits per heavy atom. The molecule has 3 heteroatoms. The van der Waals surface area contributed by atoms with Gasteiger partial charge in [-0.25, -0.2) is 4.39 Å². The predicted molar refractivity (Wildman–Crippen MR) is 77.4 cm³/mol. The number of benzene rings is 2. The average Bonchev–Trinajstić information content (AvgIpc) is 2.38. The molecule has 0 spiro atoms. The number of rotatable bonds is 4. The van der Waals surface area contributed by atoms with Gasteiger partial charge in [0.05, 0.1) is 12.7 Å². The monoisotopic (exact) mass is 274 g/mol. The van der Waals surface area contributed by atoms with Crippen molar-refractivity contribution in [2.45, 2.75) is 25.9 Å². The van der Waals surface area contributed by atoms with Crippen molar-refractivity contribution in [1.82, 2.24) is 0 Å². The smallest absolute Gasteiger partial charge is 0.123 e. The molecule has 0 aliphatic rings.